The van der Waals surface area contributed by atoms with E-state index in [9.17, 15) is 0 Å². The molecule has 0 spiro atoms. The van der Waals surface area contributed by atoms with E-state index in [0.29, 0.717) is 0 Å². The van der Waals surface area contributed by atoms with Crippen molar-refractivity contribution >= 4 is 10.9 Å². The molecule has 0 aliphatic heterocycles. The molecule has 3 rings (SSSR count). The number of ether oxygens (including phenoxy) is 2. The van der Waals surface area contributed by atoms with E-state index in [1.54, 1.807) is 14.2 Å². The number of aryl methyl sites for hydroxylation is 1. The first-order valence-corrected chi connectivity index (χ1v) is 9.25. The average Bonchev–Trinajstić information content (AvgIpc) is 3.03. The molecule has 1 N–H and O–H groups in total. The molecule has 0 bridgehead atoms. The van der Waals surface area contributed by atoms with Crippen LogP contribution in [-0.2, 0) is 19.5 Å². The van der Waals surface area contributed by atoms with Gasteiger partial charge in [0.25, 0.3) is 0 Å². The first kappa shape index (κ1) is 18.3. The van der Waals surface area contributed by atoms with Crippen LogP contribution >= 0.6 is 0 Å². The summed E-state index contributed by atoms with van der Waals surface area (Å²) in [7, 11) is 3.33. The van der Waals surface area contributed by atoms with Crippen molar-refractivity contribution in [1.82, 2.24) is 9.88 Å². The standard InChI is InChI=1S/C22H28N2O2/c1-4-13-24-16-18(19-7-5-6-8-20(19)24)15-23-12-11-17-9-10-21(25-2)22(14-17)26-3/h5-10,14,16,23H,4,11-13,15H2,1-3H3. The second-order valence-electron chi connectivity index (χ2n) is 6.48. The summed E-state index contributed by atoms with van der Waals surface area (Å²) in [4.78, 5) is 0. The Hall–Kier alpha value is -2.46. The smallest absolute Gasteiger partial charge is 0.160 e. The molecular formula is C22H28N2O2. The van der Waals surface area contributed by atoms with Crippen LogP contribution in [0.15, 0.2) is 48.7 Å². The fourth-order valence-corrected chi connectivity index (χ4v) is 3.38. The minimum absolute atomic E-state index is 0.771. The Balaban J connectivity index is 1.61. The molecule has 4 nitrogen and oxygen atoms in total. The molecule has 0 saturated carbocycles. The number of fused-ring (bicyclic) bond motifs is 1. The number of nitrogens with one attached hydrogen (secondary N) is 1. The van der Waals surface area contributed by atoms with Crippen molar-refractivity contribution in [2.75, 3.05) is 20.8 Å². The number of methoxy groups -OCH3 is 2. The molecule has 0 aliphatic rings. The summed E-state index contributed by atoms with van der Waals surface area (Å²) in [6, 6.07) is 14.8. The second kappa shape index (κ2) is 8.77. The molecule has 0 aliphatic carbocycles. The molecule has 4 heteroatoms. The van der Waals surface area contributed by atoms with Crippen molar-refractivity contribution < 1.29 is 9.47 Å². The zero-order valence-corrected chi connectivity index (χ0v) is 15.9. The van der Waals surface area contributed by atoms with Crippen molar-refractivity contribution in [3.63, 3.8) is 0 Å². The Bertz CT molecular complexity index is 854. The molecule has 3 aromatic rings. The normalized spacial score (nSPS) is 11.0. The largest absolute Gasteiger partial charge is 0.493 e. The van der Waals surface area contributed by atoms with Crippen molar-refractivity contribution in [2.24, 2.45) is 0 Å². The summed E-state index contributed by atoms with van der Waals surface area (Å²) in [5.41, 5.74) is 3.93. The molecule has 0 atom stereocenters. The molecule has 0 radical (unpaired) electrons. The quantitative estimate of drug-likeness (QED) is 0.580. The molecule has 1 heterocycles. The zero-order valence-electron chi connectivity index (χ0n) is 15.9. The van der Waals surface area contributed by atoms with Crippen molar-refractivity contribution in [3.8, 4) is 11.5 Å². The number of nitrogens with zero attached hydrogens (tertiary/aromatic N) is 1. The van der Waals surface area contributed by atoms with E-state index >= 15 is 0 Å². The van der Waals surface area contributed by atoms with Gasteiger partial charge in [0.05, 0.1) is 14.2 Å². The molecule has 2 aromatic carbocycles. The molecule has 26 heavy (non-hydrogen) atoms. The number of hydrogen-bond acceptors (Lipinski definition) is 3. The third-order valence-corrected chi connectivity index (χ3v) is 4.69. The van der Waals surface area contributed by atoms with E-state index in [1.807, 2.05) is 12.1 Å². The third kappa shape index (κ3) is 4.02. The fourth-order valence-electron chi connectivity index (χ4n) is 3.38. The van der Waals surface area contributed by atoms with Gasteiger partial charge in [0.15, 0.2) is 11.5 Å². The van der Waals surface area contributed by atoms with Crippen molar-refractivity contribution in [1.29, 1.82) is 0 Å². The van der Waals surface area contributed by atoms with E-state index in [0.717, 1.165) is 44.0 Å². The Morgan fingerprint density at radius 1 is 1.00 bits per heavy atom. The van der Waals surface area contributed by atoms with Gasteiger partial charge in [-0.2, -0.15) is 0 Å². The van der Waals surface area contributed by atoms with Crippen LogP contribution in [0.1, 0.15) is 24.5 Å². The summed E-state index contributed by atoms with van der Waals surface area (Å²) < 4.78 is 13.0. The maximum absolute atomic E-state index is 5.38. The number of aromatic nitrogens is 1. The Kier molecular flexibility index (Phi) is 6.18. The highest BCUT2D eigenvalue weighted by Crippen LogP contribution is 2.27. The summed E-state index contributed by atoms with van der Waals surface area (Å²) in [5.74, 6) is 1.56. The number of benzene rings is 2. The van der Waals surface area contributed by atoms with Gasteiger partial charge in [-0.3, -0.25) is 0 Å². The van der Waals surface area contributed by atoms with Crippen LogP contribution in [0.2, 0.25) is 0 Å². The van der Waals surface area contributed by atoms with Crippen LogP contribution in [0.25, 0.3) is 10.9 Å². The second-order valence-corrected chi connectivity index (χ2v) is 6.48. The highest BCUT2D eigenvalue weighted by molar-refractivity contribution is 5.83. The molecule has 1 aromatic heterocycles. The molecule has 0 fully saturated rings. The first-order valence-electron chi connectivity index (χ1n) is 9.25. The topological polar surface area (TPSA) is 35.4 Å². The molecule has 0 amide bonds. The average molecular weight is 352 g/mol. The highest BCUT2D eigenvalue weighted by Gasteiger charge is 2.08. The van der Waals surface area contributed by atoms with E-state index in [-0.39, 0.29) is 0 Å². The summed E-state index contributed by atoms with van der Waals surface area (Å²) >= 11 is 0. The lowest BCUT2D eigenvalue weighted by Crippen LogP contribution is -2.16. The molecule has 0 saturated heterocycles. The number of hydrogen-bond donors (Lipinski definition) is 1. The molecule has 0 unspecified atom stereocenters. The van der Waals surface area contributed by atoms with Gasteiger partial charge in [0.1, 0.15) is 0 Å². The Labute approximate surface area is 155 Å². The van der Waals surface area contributed by atoms with Crippen LogP contribution < -0.4 is 14.8 Å². The predicted molar refractivity (Wildman–Crippen MR) is 107 cm³/mol. The maximum Gasteiger partial charge on any atom is 0.160 e. The molecular weight excluding hydrogens is 324 g/mol. The monoisotopic (exact) mass is 352 g/mol. The lowest BCUT2D eigenvalue weighted by molar-refractivity contribution is 0.354. The zero-order chi connectivity index (χ0) is 18.4. The highest BCUT2D eigenvalue weighted by atomic mass is 16.5. The third-order valence-electron chi connectivity index (χ3n) is 4.69. The van der Waals surface area contributed by atoms with Gasteiger partial charge in [-0.1, -0.05) is 31.2 Å². The van der Waals surface area contributed by atoms with Gasteiger partial charge in [-0.25, -0.2) is 0 Å². The number of para-hydroxylation sites is 1. The van der Waals surface area contributed by atoms with Gasteiger partial charge >= 0.3 is 0 Å². The summed E-state index contributed by atoms with van der Waals surface area (Å²) in [5, 5.41) is 4.93. The SMILES string of the molecule is CCCn1cc(CNCCc2ccc(OC)c(OC)c2)c2ccccc21. The minimum Gasteiger partial charge on any atom is -0.493 e. The van der Waals surface area contributed by atoms with Gasteiger partial charge in [0.2, 0.25) is 0 Å². The predicted octanol–water partition coefficient (Wildman–Crippen LogP) is 4.40. The van der Waals surface area contributed by atoms with Crippen LogP contribution in [-0.4, -0.2) is 25.3 Å². The number of rotatable bonds is 9. The van der Waals surface area contributed by atoms with Crippen molar-refractivity contribution in [2.45, 2.75) is 32.9 Å². The van der Waals surface area contributed by atoms with Crippen LogP contribution in [0, 0.1) is 0 Å². The van der Waals surface area contributed by atoms with Crippen LogP contribution in [0.5, 0.6) is 11.5 Å². The van der Waals surface area contributed by atoms with Gasteiger partial charge in [-0.05, 0) is 48.7 Å². The summed E-state index contributed by atoms with van der Waals surface area (Å²) in [6.07, 6.45) is 4.39. The van der Waals surface area contributed by atoms with Gasteiger partial charge < -0.3 is 19.4 Å². The minimum atomic E-state index is 0.771. The van der Waals surface area contributed by atoms with Gasteiger partial charge in [0, 0.05) is 30.2 Å². The lowest BCUT2D eigenvalue weighted by Gasteiger charge is -2.10. The fraction of sp³-hybridized carbons (Fsp3) is 0.364. The Morgan fingerprint density at radius 3 is 2.58 bits per heavy atom. The summed E-state index contributed by atoms with van der Waals surface area (Å²) in [6.45, 7) is 5.08. The first-order chi connectivity index (χ1) is 12.8. The van der Waals surface area contributed by atoms with E-state index in [4.69, 9.17) is 9.47 Å². The van der Waals surface area contributed by atoms with Crippen LogP contribution in [0.3, 0.4) is 0 Å². The Morgan fingerprint density at radius 2 is 1.81 bits per heavy atom. The van der Waals surface area contributed by atoms with E-state index in [1.165, 1.54) is 22.0 Å². The van der Waals surface area contributed by atoms with E-state index in [2.05, 4.69) is 53.3 Å². The van der Waals surface area contributed by atoms with E-state index < -0.39 is 0 Å². The lowest BCUT2D eigenvalue weighted by atomic mass is 10.1. The van der Waals surface area contributed by atoms with Gasteiger partial charge in [-0.15, -0.1) is 0 Å². The van der Waals surface area contributed by atoms with Crippen LogP contribution in [0.4, 0.5) is 0 Å². The molecule has 138 valence electrons. The maximum atomic E-state index is 5.38. The van der Waals surface area contributed by atoms with Crippen molar-refractivity contribution in [3.05, 3.63) is 59.8 Å².